The largest absolute Gasteiger partial charge is 0.477 e. The number of piperidine rings is 1. The Morgan fingerprint density at radius 2 is 1.78 bits per heavy atom. The van der Waals surface area contributed by atoms with Crippen molar-refractivity contribution in [1.29, 1.82) is 5.26 Å². The summed E-state index contributed by atoms with van der Waals surface area (Å²) >= 11 is 3.11. The van der Waals surface area contributed by atoms with Gasteiger partial charge >= 0.3 is 0 Å². The summed E-state index contributed by atoms with van der Waals surface area (Å²) in [4.78, 5) is 49.8. The van der Waals surface area contributed by atoms with Gasteiger partial charge < -0.3 is 40.0 Å². The quantitative estimate of drug-likeness (QED) is 0.0813. The lowest BCUT2D eigenvalue weighted by molar-refractivity contribution is -0.144. The Morgan fingerprint density at radius 3 is 2.52 bits per heavy atom. The number of nitriles is 1. The number of carbonyl (C=O) groups is 2. The van der Waals surface area contributed by atoms with Crippen LogP contribution in [0.1, 0.15) is 167 Å². The van der Waals surface area contributed by atoms with Gasteiger partial charge in [-0.1, -0.05) is 60.6 Å². The summed E-state index contributed by atoms with van der Waals surface area (Å²) in [6, 6.07) is 12.5. The smallest absolute Gasteiger partial charge is 0.248 e. The van der Waals surface area contributed by atoms with Crippen LogP contribution in [0.5, 0.6) is 5.88 Å². The summed E-state index contributed by atoms with van der Waals surface area (Å²) in [7, 11) is 0. The third-order valence-electron chi connectivity index (χ3n) is 19.5. The highest BCUT2D eigenvalue weighted by Crippen LogP contribution is 2.55. The molecule has 23 nitrogen and oxygen atoms in total. The van der Waals surface area contributed by atoms with Gasteiger partial charge in [-0.2, -0.15) is 15.3 Å². The molecule has 6 aliphatic rings. The van der Waals surface area contributed by atoms with Crippen molar-refractivity contribution < 1.29 is 28.7 Å². The van der Waals surface area contributed by atoms with Gasteiger partial charge in [-0.15, -0.1) is 32.9 Å². The van der Waals surface area contributed by atoms with Gasteiger partial charge in [-0.3, -0.25) is 9.59 Å². The Kier molecular flexibility index (Phi) is 15.6. The fourth-order valence-corrected chi connectivity index (χ4v) is 16.5. The Bertz CT molecular complexity index is 3960. The second-order valence-corrected chi connectivity index (χ2v) is 28.6. The third-order valence-corrected chi connectivity index (χ3v) is 21.5. The molecule has 0 radical (unpaired) electrons. The van der Waals surface area contributed by atoms with Gasteiger partial charge in [0.05, 0.1) is 63.7 Å². The van der Waals surface area contributed by atoms with Crippen molar-refractivity contribution in [2.45, 2.75) is 160 Å². The average Bonchev–Trinajstić information content (AvgIpc) is 1.66. The zero-order chi connectivity index (χ0) is 61.3. The number of hydrogen-bond acceptors (Lipinski definition) is 20. The summed E-state index contributed by atoms with van der Waals surface area (Å²) in [5.74, 6) is 1.62. The number of fused-ring (bicyclic) bond motifs is 4. The van der Waals surface area contributed by atoms with Crippen LogP contribution in [0.3, 0.4) is 0 Å². The van der Waals surface area contributed by atoms with Crippen LogP contribution in [0.2, 0.25) is 0 Å². The Hall–Kier alpha value is -7.76. The van der Waals surface area contributed by atoms with E-state index in [1.165, 1.54) is 16.2 Å². The molecule has 3 aliphatic carbocycles. The lowest BCUT2D eigenvalue weighted by Gasteiger charge is -2.39. The number of β-amino-alcohol motifs (C(OH)–C–C–N with tert-alkyl or cyclic N) is 1. The molecule has 1 aromatic carbocycles. The van der Waals surface area contributed by atoms with E-state index in [0.717, 1.165) is 146 Å². The number of anilines is 1. The number of aromatic nitrogens is 12. The molecule has 5 atom stereocenters. The standard InChI is InChI=1S/C64H75N17O6S2/c1-37(39-10-12-41(13-11-39)55-38(2)67-36-88-55)68-60(83)49-28-43(82)31-78(49)61(84)56(62(3,4)5)81-32-47(71-76-81)40-14-23-77(24-15-40)34-63(21-22-63)35-86-52-29-51(79-25-16-46(73-79)48-33-80(75-72-48)42-17-26-85-27-18-42)69-59(70-52)54-44-8-6-19-64(57(44)87-74-54)20-7-9-50-53(64)45(30-65)58(66)89-50/h10-13,16,25,29,32-33,36-37,40,42-43,49,56,82H,6-9,14-15,17-24,26-28,31,34-35,66H2,1-5H3,(H,68,83)/t37-,43+,49-,56+,64-/m0/s1. The molecule has 3 aliphatic heterocycles. The molecule has 1 saturated carbocycles. The molecule has 25 heteroatoms. The first-order valence-electron chi connectivity index (χ1n) is 31.4. The Balaban J connectivity index is 0.653. The van der Waals surface area contributed by atoms with Gasteiger partial charge in [0, 0.05) is 73.0 Å². The highest BCUT2D eigenvalue weighted by molar-refractivity contribution is 7.16. The number of hydrogen-bond donors (Lipinski definition) is 3. The van der Waals surface area contributed by atoms with Gasteiger partial charge in [0.25, 0.3) is 0 Å². The minimum absolute atomic E-state index is 0.0513. The van der Waals surface area contributed by atoms with Gasteiger partial charge in [0.1, 0.15) is 34.5 Å². The summed E-state index contributed by atoms with van der Waals surface area (Å²) in [6.07, 6.45) is 15.7. The highest BCUT2D eigenvalue weighted by atomic mass is 32.1. The lowest BCUT2D eigenvalue weighted by Crippen LogP contribution is -2.50. The van der Waals surface area contributed by atoms with Gasteiger partial charge in [0.15, 0.2) is 23.1 Å². The van der Waals surface area contributed by atoms with Crippen molar-refractivity contribution >= 4 is 39.5 Å². The molecule has 464 valence electrons. The number of nitrogens with zero attached hydrogens (tertiary/aromatic N) is 15. The number of carbonyl (C=O) groups excluding carboxylic acids is 2. The Morgan fingerprint density at radius 1 is 0.989 bits per heavy atom. The number of aliphatic hydroxyl groups is 1. The Labute approximate surface area is 524 Å². The SMILES string of the molecule is Cc1ncsc1-c1ccc([C@H](C)NC(=O)[C@@H]2C[C@@H](O)CN2C(=O)[C@@H](n2cc(C3CCN(CC4(COc5cc(-n6ccc(-c7cn(C8CCOCC8)nn7)n6)nc(-c6noc7c6CCC[C@@]76CCCc7sc(N)c(C#N)c76)n5)CC4)CC3)nn2)C(C)(C)C)cc1. The minimum Gasteiger partial charge on any atom is -0.477 e. The maximum absolute atomic E-state index is 14.8. The van der Waals surface area contributed by atoms with E-state index in [1.54, 1.807) is 20.7 Å². The van der Waals surface area contributed by atoms with E-state index in [1.807, 2.05) is 99.8 Å². The monoisotopic (exact) mass is 1240 g/mol. The highest BCUT2D eigenvalue weighted by Gasteiger charge is 2.50. The van der Waals surface area contributed by atoms with Crippen LogP contribution in [0.25, 0.3) is 39.2 Å². The predicted molar refractivity (Wildman–Crippen MR) is 332 cm³/mol. The third kappa shape index (κ3) is 11.3. The molecule has 7 aromatic heterocycles. The number of aryl methyl sites for hydroxylation is 2. The molecule has 89 heavy (non-hydrogen) atoms. The fourth-order valence-electron chi connectivity index (χ4n) is 14.5. The fraction of sp³-hybridized carbons (Fsp3) is 0.531. The van der Waals surface area contributed by atoms with Gasteiger partial charge in [-0.05, 0) is 132 Å². The molecule has 0 unspecified atom stereocenters. The van der Waals surface area contributed by atoms with Crippen molar-refractivity contribution in [2.24, 2.45) is 10.8 Å². The molecule has 1 spiro atoms. The molecule has 4 N–H and O–H groups in total. The van der Waals surface area contributed by atoms with Crippen LogP contribution in [0.4, 0.5) is 5.00 Å². The second-order valence-electron chi connectivity index (χ2n) is 26.6. The van der Waals surface area contributed by atoms with E-state index in [9.17, 15) is 20.0 Å². The molecule has 0 bridgehead atoms. The van der Waals surface area contributed by atoms with Crippen LogP contribution in [0.15, 0.2) is 65.0 Å². The molecule has 10 heterocycles. The van der Waals surface area contributed by atoms with E-state index in [-0.39, 0.29) is 48.2 Å². The van der Waals surface area contributed by atoms with Crippen LogP contribution in [-0.4, -0.2) is 145 Å². The summed E-state index contributed by atoms with van der Waals surface area (Å²) in [5, 5.41) is 53.0. The van der Waals surface area contributed by atoms with E-state index in [4.69, 9.17) is 45.1 Å². The van der Waals surface area contributed by atoms with Crippen molar-refractivity contribution in [3.63, 3.8) is 0 Å². The molecule has 2 amide bonds. The topological polar surface area (TPSA) is 285 Å². The van der Waals surface area contributed by atoms with Gasteiger partial charge in [-0.25, -0.2) is 24.0 Å². The average molecular weight is 1240 g/mol. The maximum atomic E-state index is 14.8. The predicted octanol–water partition coefficient (Wildman–Crippen LogP) is 8.89. The number of thiazole rings is 1. The molecule has 14 rings (SSSR count). The van der Waals surface area contributed by atoms with E-state index < -0.39 is 29.0 Å². The normalized spacial score (nSPS) is 22.0. The van der Waals surface area contributed by atoms with Gasteiger partial charge in [0.2, 0.25) is 17.7 Å². The first kappa shape index (κ1) is 58.9. The molecular formula is C64H75N17O6S2. The number of nitrogens with one attached hydrogen (secondary N) is 1. The molecule has 4 fully saturated rings. The summed E-state index contributed by atoms with van der Waals surface area (Å²) in [6.45, 7) is 14.4. The number of likely N-dealkylation sites (tertiary alicyclic amines) is 2. The van der Waals surface area contributed by atoms with Crippen molar-refractivity contribution in [3.8, 4) is 51.1 Å². The van der Waals surface area contributed by atoms with E-state index in [2.05, 4.69) is 36.8 Å². The number of thiophene rings is 1. The second kappa shape index (κ2) is 23.6. The van der Waals surface area contributed by atoms with Crippen molar-refractivity contribution in [2.75, 3.05) is 51.7 Å². The molecule has 8 aromatic rings. The zero-order valence-corrected chi connectivity index (χ0v) is 52.6. The number of nitrogens with two attached hydrogens (primary N) is 1. The number of aliphatic hydroxyl groups excluding tert-OH is 1. The maximum Gasteiger partial charge on any atom is 0.248 e. The first-order chi connectivity index (χ1) is 43.0. The summed E-state index contributed by atoms with van der Waals surface area (Å²) in [5.41, 5.74) is 15.4. The number of benzene rings is 1. The van der Waals surface area contributed by atoms with Crippen LogP contribution in [-0.2, 0) is 32.6 Å². The van der Waals surface area contributed by atoms with Crippen molar-refractivity contribution in [1.82, 2.24) is 75.0 Å². The first-order valence-corrected chi connectivity index (χ1v) is 33.1. The number of nitrogen functional groups attached to an aromatic ring is 1. The van der Waals surface area contributed by atoms with E-state index in [0.29, 0.717) is 65.0 Å². The van der Waals surface area contributed by atoms with Crippen LogP contribution in [0, 0.1) is 29.1 Å². The zero-order valence-electron chi connectivity index (χ0n) is 51.0. The number of rotatable bonds is 16. The van der Waals surface area contributed by atoms with E-state index >= 15 is 0 Å². The summed E-state index contributed by atoms with van der Waals surface area (Å²) < 4.78 is 24.1. The van der Waals surface area contributed by atoms with Crippen molar-refractivity contribution in [3.05, 3.63) is 105 Å². The number of ether oxygens (including phenoxy) is 2. The molecule has 3 saturated heterocycles. The lowest BCUT2D eigenvalue weighted by atomic mass is 9.63. The number of amides is 2. The van der Waals surface area contributed by atoms with Crippen LogP contribution >= 0.6 is 22.7 Å². The minimum atomic E-state index is -0.844. The van der Waals surface area contributed by atoms with Crippen LogP contribution < -0.4 is 15.8 Å². The molecular weight excluding hydrogens is 1170 g/mol.